The van der Waals surface area contributed by atoms with Gasteiger partial charge in [0.15, 0.2) is 9.84 Å². The monoisotopic (exact) mass is 503 g/mol. The lowest BCUT2D eigenvalue weighted by atomic mass is 9.98. The predicted octanol–water partition coefficient (Wildman–Crippen LogP) is 2.54. The minimum Gasteiger partial charge on any atom is -0.444 e. The van der Waals surface area contributed by atoms with E-state index in [2.05, 4.69) is 25.9 Å². The van der Waals surface area contributed by atoms with Crippen molar-refractivity contribution < 1.29 is 22.7 Å². The summed E-state index contributed by atoms with van der Waals surface area (Å²) >= 11 is 0. The maximum atomic E-state index is 13.3. The van der Waals surface area contributed by atoms with Gasteiger partial charge < -0.3 is 15.4 Å². The number of ether oxygens (including phenoxy) is 1. The molecule has 2 aromatic rings. The molecule has 0 spiro atoms. The van der Waals surface area contributed by atoms with Crippen molar-refractivity contribution in [2.45, 2.75) is 51.0 Å². The summed E-state index contributed by atoms with van der Waals surface area (Å²) in [6.07, 6.45) is 3.42. The van der Waals surface area contributed by atoms with Gasteiger partial charge in [-0.25, -0.2) is 23.2 Å². The van der Waals surface area contributed by atoms with Gasteiger partial charge in [-0.2, -0.15) is 0 Å². The zero-order chi connectivity index (χ0) is 25.5. The number of piperidine rings is 1. The van der Waals surface area contributed by atoms with Crippen molar-refractivity contribution in [3.63, 3.8) is 0 Å². The standard InChI is InChI=1S/C24H33N5O5S/c1-24(2,3)34-23(31)29-22-26-15-19(16-27-22)20(30)28-21(18-9-12-25-13-10-18)35(32,33)14-11-17-7-5-4-6-8-17/h4-8,15-16,18,21,25H,9-14H2,1-3H3,(H,28,30)(H,26,27,29,31). The largest absolute Gasteiger partial charge is 0.444 e. The Kier molecular flexibility index (Phi) is 8.79. The van der Waals surface area contributed by atoms with Crippen LogP contribution in [0.2, 0.25) is 0 Å². The zero-order valence-corrected chi connectivity index (χ0v) is 21.1. The highest BCUT2D eigenvalue weighted by Crippen LogP contribution is 2.22. The number of aryl methyl sites for hydroxylation is 1. The molecule has 2 amide bonds. The molecule has 1 aliphatic heterocycles. The Bertz CT molecular complexity index is 1100. The molecule has 1 aliphatic rings. The molecule has 1 unspecified atom stereocenters. The molecule has 0 saturated carbocycles. The number of sulfone groups is 1. The van der Waals surface area contributed by atoms with E-state index in [0.717, 1.165) is 5.56 Å². The third kappa shape index (κ3) is 8.29. The third-order valence-corrected chi connectivity index (χ3v) is 7.57. The van der Waals surface area contributed by atoms with Gasteiger partial charge in [-0.05, 0) is 64.6 Å². The second-order valence-corrected chi connectivity index (χ2v) is 11.7. The van der Waals surface area contributed by atoms with Crippen LogP contribution in [0.3, 0.4) is 0 Å². The Morgan fingerprint density at radius 3 is 2.34 bits per heavy atom. The van der Waals surface area contributed by atoms with E-state index in [0.29, 0.717) is 32.4 Å². The Hall–Kier alpha value is -3.05. The van der Waals surface area contributed by atoms with Crippen LogP contribution < -0.4 is 16.0 Å². The maximum absolute atomic E-state index is 13.3. The van der Waals surface area contributed by atoms with Crippen LogP contribution in [0, 0.1) is 5.92 Å². The lowest BCUT2D eigenvalue weighted by Gasteiger charge is -2.31. The minimum atomic E-state index is -3.64. The van der Waals surface area contributed by atoms with Gasteiger partial charge in [-0.15, -0.1) is 0 Å². The number of benzene rings is 1. The summed E-state index contributed by atoms with van der Waals surface area (Å²) in [6.45, 7) is 6.58. The average molecular weight is 504 g/mol. The molecule has 2 heterocycles. The molecule has 10 nitrogen and oxygen atoms in total. The summed E-state index contributed by atoms with van der Waals surface area (Å²) in [5.41, 5.74) is 0.337. The highest BCUT2D eigenvalue weighted by molar-refractivity contribution is 7.92. The summed E-state index contributed by atoms with van der Waals surface area (Å²) < 4.78 is 31.8. The van der Waals surface area contributed by atoms with Crippen LogP contribution in [0.5, 0.6) is 0 Å². The van der Waals surface area contributed by atoms with Crippen molar-refractivity contribution in [1.82, 2.24) is 20.6 Å². The fourth-order valence-electron chi connectivity index (χ4n) is 3.80. The van der Waals surface area contributed by atoms with Crippen LogP contribution in [0.4, 0.5) is 10.7 Å². The molecule has 3 rings (SSSR count). The second-order valence-electron chi connectivity index (χ2n) is 9.51. The second kappa shape index (κ2) is 11.6. The molecule has 1 atom stereocenters. The number of carbonyl (C=O) groups excluding carboxylic acids is 2. The summed E-state index contributed by atoms with van der Waals surface area (Å²) in [6, 6.07) is 9.40. The number of carbonyl (C=O) groups is 2. The van der Waals surface area contributed by atoms with Crippen LogP contribution in [0.25, 0.3) is 0 Å². The van der Waals surface area contributed by atoms with E-state index in [1.165, 1.54) is 12.4 Å². The van der Waals surface area contributed by atoms with Crippen LogP contribution >= 0.6 is 0 Å². The molecule has 0 aliphatic carbocycles. The van der Waals surface area contributed by atoms with Crippen molar-refractivity contribution in [2.24, 2.45) is 5.92 Å². The van der Waals surface area contributed by atoms with Gasteiger partial charge in [0.25, 0.3) is 5.91 Å². The fraction of sp³-hybridized carbons (Fsp3) is 0.500. The smallest absolute Gasteiger partial charge is 0.414 e. The molecule has 0 radical (unpaired) electrons. The highest BCUT2D eigenvalue weighted by Gasteiger charge is 2.35. The maximum Gasteiger partial charge on any atom is 0.414 e. The number of rotatable bonds is 8. The topological polar surface area (TPSA) is 139 Å². The number of hydrogen-bond acceptors (Lipinski definition) is 8. The number of anilines is 1. The van der Waals surface area contributed by atoms with E-state index in [1.54, 1.807) is 20.8 Å². The fourth-order valence-corrected chi connectivity index (χ4v) is 5.72. The first-order chi connectivity index (χ1) is 16.5. The SMILES string of the molecule is CC(C)(C)OC(=O)Nc1ncc(C(=O)NC(C2CCNCC2)S(=O)(=O)CCc2ccccc2)cn1. The van der Waals surface area contributed by atoms with Gasteiger partial charge in [-0.1, -0.05) is 30.3 Å². The van der Waals surface area contributed by atoms with E-state index < -0.39 is 32.8 Å². The van der Waals surface area contributed by atoms with Gasteiger partial charge in [0, 0.05) is 12.4 Å². The van der Waals surface area contributed by atoms with Gasteiger partial charge in [-0.3, -0.25) is 10.1 Å². The number of amides is 2. The van der Waals surface area contributed by atoms with Crippen molar-refractivity contribution in [3.8, 4) is 0 Å². The molecule has 11 heteroatoms. The van der Waals surface area contributed by atoms with E-state index >= 15 is 0 Å². The molecule has 1 saturated heterocycles. The van der Waals surface area contributed by atoms with Crippen molar-refractivity contribution in [1.29, 1.82) is 0 Å². The summed E-state index contributed by atoms with van der Waals surface area (Å²) in [5, 5.41) is 7.33. The normalized spacial score (nSPS) is 15.7. The Labute approximate surface area is 206 Å². The van der Waals surface area contributed by atoms with Gasteiger partial charge >= 0.3 is 6.09 Å². The first-order valence-corrected chi connectivity index (χ1v) is 13.3. The quantitative estimate of drug-likeness (QED) is 0.499. The van der Waals surface area contributed by atoms with E-state index in [4.69, 9.17) is 4.74 Å². The summed E-state index contributed by atoms with van der Waals surface area (Å²) in [4.78, 5) is 32.8. The molecule has 1 fully saturated rings. The summed E-state index contributed by atoms with van der Waals surface area (Å²) in [5.74, 6) is -0.877. The number of nitrogens with one attached hydrogen (secondary N) is 3. The van der Waals surface area contributed by atoms with E-state index in [9.17, 15) is 18.0 Å². The van der Waals surface area contributed by atoms with Gasteiger partial charge in [0.2, 0.25) is 5.95 Å². The molecule has 190 valence electrons. The average Bonchev–Trinajstić information content (AvgIpc) is 2.81. The van der Waals surface area contributed by atoms with E-state index in [-0.39, 0.29) is 23.2 Å². The molecule has 3 N–H and O–H groups in total. The Balaban J connectivity index is 1.69. The third-order valence-electron chi connectivity index (χ3n) is 5.52. The number of nitrogens with zero attached hydrogens (tertiary/aromatic N) is 2. The van der Waals surface area contributed by atoms with Gasteiger partial charge in [0.1, 0.15) is 11.0 Å². The lowest BCUT2D eigenvalue weighted by molar-refractivity contribution is 0.0634. The van der Waals surface area contributed by atoms with Crippen LogP contribution in [0.1, 0.15) is 49.5 Å². The molecule has 1 aromatic carbocycles. The molecule has 35 heavy (non-hydrogen) atoms. The lowest BCUT2D eigenvalue weighted by Crippen LogP contribution is -2.49. The Morgan fingerprint density at radius 1 is 1.11 bits per heavy atom. The number of aromatic nitrogens is 2. The van der Waals surface area contributed by atoms with Crippen molar-refractivity contribution >= 4 is 27.8 Å². The van der Waals surface area contributed by atoms with Crippen LogP contribution in [0.15, 0.2) is 42.7 Å². The Morgan fingerprint density at radius 2 is 1.74 bits per heavy atom. The minimum absolute atomic E-state index is 0.0267. The van der Waals surface area contributed by atoms with Crippen LogP contribution in [-0.4, -0.2) is 60.2 Å². The molecule has 1 aromatic heterocycles. The zero-order valence-electron chi connectivity index (χ0n) is 20.3. The molecular weight excluding hydrogens is 470 g/mol. The predicted molar refractivity (Wildman–Crippen MR) is 133 cm³/mol. The molecular formula is C24H33N5O5S. The molecule has 0 bridgehead atoms. The van der Waals surface area contributed by atoms with Gasteiger partial charge in [0.05, 0.1) is 11.3 Å². The summed E-state index contributed by atoms with van der Waals surface area (Å²) in [7, 11) is -3.64. The first kappa shape index (κ1) is 26.6. The highest BCUT2D eigenvalue weighted by atomic mass is 32.2. The van der Waals surface area contributed by atoms with Crippen molar-refractivity contribution in [2.75, 3.05) is 24.2 Å². The van der Waals surface area contributed by atoms with Crippen LogP contribution in [-0.2, 0) is 21.0 Å². The van der Waals surface area contributed by atoms with E-state index in [1.807, 2.05) is 30.3 Å². The number of hydrogen-bond donors (Lipinski definition) is 3. The first-order valence-electron chi connectivity index (χ1n) is 11.6. The van der Waals surface area contributed by atoms with Crippen molar-refractivity contribution in [3.05, 3.63) is 53.9 Å².